The van der Waals surface area contributed by atoms with Crippen LogP contribution < -0.4 is 16.2 Å². The number of nitrogens with one attached hydrogen (secondary N) is 3. The lowest BCUT2D eigenvalue weighted by molar-refractivity contribution is 0.252. The smallest absolute Gasteiger partial charge is 0.320 e. The molecule has 2 aromatic heterocycles. The fourth-order valence-corrected chi connectivity index (χ4v) is 3.09. The van der Waals surface area contributed by atoms with Crippen LogP contribution in [0.25, 0.3) is 0 Å². The second-order valence-electron chi connectivity index (χ2n) is 6.50. The van der Waals surface area contributed by atoms with Crippen LogP contribution in [-0.2, 0) is 13.0 Å². The minimum atomic E-state index is -0.295. The van der Waals surface area contributed by atoms with Gasteiger partial charge in [0.15, 0.2) is 0 Å². The molecule has 138 valence electrons. The SMILES string of the molecule is Cc1nc(CCNC(=O)Nc2ccnn2C[C@@H]2CC=CCC2)cc(=O)[nH]1. The number of amides is 2. The molecule has 8 heteroatoms. The second-order valence-corrected chi connectivity index (χ2v) is 6.50. The summed E-state index contributed by atoms with van der Waals surface area (Å²) in [4.78, 5) is 30.4. The van der Waals surface area contributed by atoms with Gasteiger partial charge in [-0.25, -0.2) is 14.5 Å². The zero-order valence-electron chi connectivity index (χ0n) is 14.9. The molecule has 1 aliphatic carbocycles. The van der Waals surface area contributed by atoms with E-state index in [-0.39, 0.29) is 11.6 Å². The highest BCUT2D eigenvalue weighted by molar-refractivity contribution is 5.88. The quantitative estimate of drug-likeness (QED) is 0.689. The van der Waals surface area contributed by atoms with Crippen LogP contribution in [0.2, 0.25) is 0 Å². The molecule has 1 atom stereocenters. The average molecular weight is 356 g/mol. The average Bonchev–Trinajstić information content (AvgIpc) is 3.01. The summed E-state index contributed by atoms with van der Waals surface area (Å²) in [5, 5.41) is 9.93. The number of aromatic nitrogens is 4. The molecule has 2 amide bonds. The Balaban J connectivity index is 1.48. The summed E-state index contributed by atoms with van der Waals surface area (Å²) in [6, 6.07) is 2.94. The minimum absolute atomic E-state index is 0.182. The number of nitrogens with zero attached hydrogens (tertiary/aromatic N) is 3. The molecule has 0 spiro atoms. The predicted octanol–water partition coefficient (Wildman–Crippen LogP) is 2.00. The molecule has 3 N–H and O–H groups in total. The first-order chi connectivity index (χ1) is 12.6. The summed E-state index contributed by atoms with van der Waals surface area (Å²) < 4.78 is 1.84. The largest absolute Gasteiger partial charge is 0.337 e. The number of carbonyl (C=O) groups excluding carboxylic acids is 1. The van der Waals surface area contributed by atoms with Crippen molar-refractivity contribution in [3.05, 3.63) is 52.4 Å². The summed E-state index contributed by atoms with van der Waals surface area (Å²) >= 11 is 0. The minimum Gasteiger partial charge on any atom is -0.337 e. The van der Waals surface area contributed by atoms with Crippen molar-refractivity contribution < 1.29 is 4.79 Å². The number of urea groups is 1. The molecular formula is C18H24N6O2. The van der Waals surface area contributed by atoms with Crippen molar-refractivity contribution in [2.75, 3.05) is 11.9 Å². The first kappa shape index (κ1) is 17.9. The van der Waals surface area contributed by atoms with Crippen molar-refractivity contribution in [1.29, 1.82) is 0 Å². The topological polar surface area (TPSA) is 105 Å². The van der Waals surface area contributed by atoms with E-state index in [1.165, 1.54) is 6.07 Å². The van der Waals surface area contributed by atoms with E-state index in [0.717, 1.165) is 25.8 Å². The number of carbonyl (C=O) groups is 1. The highest BCUT2D eigenvalue weighted by atomic mass is 16.2. The number of hydrogen-bond acceptors (Lipinski definition) is 4. The van der Waals surface area contributed by atoms with Crippen molar-refractivity contribution in [1.82, 2.24) is 25.1 Å². The third kappa shape index (κ3) is 5.05. The van der Waals surface area contributed by atoms with Gasteiger partial charge in [0, 0.05) is 37.3 Å². The van der Waals surface area contributed by atoms with Crippen LogP contribution in [0.5, 0.6) is 0 Å². The molecule has 0 saturated carbocycles. The Morgan fingerprint density at radius 1 is 1.42 bits per heavy atom. The highest BCUT2D eigenvalue weighted by Gasteiger charge is 2.14. The fourth-order valence-electron chi connectivity index (χ4n) is 3.09. The van der Waals surface area contributed by atoms with E-state index in [0.29, 0.717) is 36.2 Å². The molecule has 0 bridgehead atoms. The van der Waals surface area contributed by atoms with E-state index in [2.05, 4.69) is 37.9 Å². The molecule has 0 fully saturated rings. The maximum Gasteiger partial charge on any atom is 0.320 e. The number of aromatic amines is 1. The highest BCUT2D eigenvalue weighted by Crippen LogP contribution is 2.21. The Kier molecular flexibility index (Phi) is 5.83. The molecule has 0 saturated heterocycles. The Morgan fingerprint density at radius 2 is 2.31 bits per heavy atom. The molecule has 0 radical (unpaired) electrons. The van der Waals surface area contributed by atoms with Crippen molar-refractivity contribution in [3.63, 3.8) is 0 Å². The third-order valence-corrected chi connectivity index (χ3v) is 4.35. The van der Waals surface area contributed by atoms with E-state index in [4.69, 9.17) is 0 Å². The van der Waals surface area contributed by atoms with Crippen LogP contribution in [0.3, 0.4) is 0 Å². The van der Waals surface area contributed by atoms with Gasteiger partial charge >= 0.3 is 6.03 Å². The summed E-state index contributed by atoms with van der Waals surface area (Å²) in [5.41, 5.74) is 0.473. The third-order valence-electron chi connectivity index (χ3n) is 4.35. The number of rotatable bonds is 6. The molecule has 2 heterocycles. The van der Waals surface area contributed by atoms with Crippen molar-refractivity contribution in [2.45, 2.75) is 39.2 Å². The Morgan fingerprint density at radius 3 is 3.08 bits per heavy atom. The summed E-state index contributed by atoms with van der Waals surface area (Å²) in [5.74, 6) is 1.80. The molecule has 0 aliphatic heterocycles. The zero-order valence-corrected chi connectivity index (χ0v) is 14.9. The fraction of sp³-hybridized carbons (Fsp3) is 0.444. The van der Waals surface area contributed by atoms with Crippen LogP contribution >= 0.6 is 0 Å². The number of hydrogen-bond donors (Lipinski definition) is 3. The normalized spacial score (nSPS) is 16.4. The second kappa shape index (κ2) is 8.46. The summed E-state index contributed by atoms with van der Waals surface area (Å²) in [6.07, 6.45) is 9.90. The van der Waals surface area contributed by atoms with E-state index in [1.807, 2.05) is 4.68 Å². The monoisotopic (exact) mass is 356 g/mol. The maximum absolute atomic E-state index is 12.1. The molecular weight excluding hydrogens is 332 g/mol. The van der Waals surface area contributed by atoms with Crippen LogP contribution in [0.15, 0.2) is 35.3 Å². The number of anilines is 1. The van der Waals surface area contributed by atoms with Gasteiger partial charge in [0.1, 0.15) is 11.6 Å². The Hall–Kier alpha value is -2.90. The van der Waals surface area contributed by atoms with Gasteiger partial charge < -0.3 is 10.3 Å². The van der Waals surface area contributed by atoms with Crippen LogP contribution in [0.1, 0.15) is 30.8 Å². The molecule has 3 rings (SSSR count). The van der Waals surface area contributed by atoms with Gasteiger partial charge in [0.05, 0.1) is 6.20 Å². The first-order valence-corrected chi connectivity index (χ1v) is 8.88. The summed E-state index contributed by atoms with van der Waals surface area (Å²) in [7, 11) is 0. The van der Waals surface area contributed by atoms with Crippen LogP contribution in [0.4, 0.5) is 10.6 Å². The Labute approximate surface area is 151 Å². The molecule has 8 nitrogen and oxygen atoms in total. The Bertz CT molecular complexity index is 838. The van der Waals surface area contributed by atoms with E-state index in [9.17, 15) is 9.59 Å². The van der Waals surface area contributed by atoms with Gasteiger partial charge in [-0.1, -0.05) is 12.2 Å². The lowest BCUT2D eigenvalue weighted by Gasteiger charge is -2.19. The van der Waals surface area contributed by atoms with Crippen LogP contribution in [-0.4, -0.2) is 32.3 Å². The lowest BCUT2D eigenvalue weighted by atomic mass is 9.94. The lowest BCUT2D eigenvalue weighted by Crippen LogP contribution is -2.32. The van der Waals surface area contributed by atoms with Gasteiger partial charge in [-0.15, -0.1) is 0 Å². The first-order valence-electron chi connectivity index (χ1n) is 8.88. The summed E-state index contributed by atoms with van der Waals surface area (Å²) in [6.45, 7) is 2.92. The van der Waals surface area contributed by atoms with E-state index >= 15 is 0 Å². The van der Waals surface area contributed by atoms with E-state index in [1.54, 1.807) is 19.2 Å². The van der Waals surface area contributed by atoms with Crippen molar-refractivity contribution in [2.24, 2.45) is 5.92 Å². The maximum atomic E-state index is 12.1. The zero-order chi connectivity index (χ0) is 18.4. The van der Waals surface area contributed by atoms with Gasteiger partial charge in [-0.3, -0.25) is 10.1 Å². The molecule has 0 aromatic carbocycles. The van der Waals surface area contributed by atoms with Gasteiger partial charge in [-0.05, 0) is 32.1 Å². The standard InChI is InChI=1S/C18H24N6O2/c1-13-21-15(11-17(25)22-13)7-9-19-18(26)23-16-8-10-20-24(16)12-14-5-3-2-4-6-14/h2-3,8,10-11,14H,4-7,9,12H2,1H3,(H2,19,23,26)(H,21,22,25)/t14-/m1/s1. The van der Waals surface area contributed by atoms with Crippen LogP contribution in [0, 0.1) is 12.8 Å². The van der Waals surface area contributed by atoms with Gasteiger partial charge in [-0.2, -0.15) is 5.10 Å². The van der Waals surface area contributed by atoms with E-state index < -0.39 is 0 Å². The molecule has 0 unspecified atom stereocenters. The van der Waals surface area contributed by atoms with Crippen molar-refractivity contribution >= 4 is 11.8 Å². The van der Waals surface area contributed by atoms with Gasteiger partial charge in [0.2, 0.25) is 0 Å². The number of allylic oxidation sites excluding steroid dienone is 2. The van der Waals surface area contributed by atoms with Gasteiger partial charge in [0.25, 0.3) is 5.56 Å². The number of aryl methyl sites for hydroxylation is 1. The molecule has 26 heavy (non-hydrogen) atoms. The molecule has 1 aliphatic rings. The predicted molar refractivity (Wildman–Crippen MR) is 99.0 cm³/mol. The molecule has 2 aromatic rings. The van der Waals surface area contributed by atoms with Crippen molar-refractivity contribution in [3.8, 4) is 0 Å². The number of H-pyrrole nitrogens is 1.